The van der Waals surface area contributed by atoms with E-state index < -0.39 is 6.04 Å². The van der Waals surface area contributed by atoms with Gasteiger partial charge >= 0.3 is 5.97 Å². The van der Waals surface area contributed by atoms with Crippen molar-refractivity contribution in [3.63, 3.8) is 0 Å². The lowest BCUT2D eigenvalue weighted by molar-refractivity contribution is -0.141. The molecule has 0 unspecified atom stereocenters. The highest BCUT2D eigenvalue weighted by Gasteiger charge is 2.24. The number of aromatic nitrogens is 5. The second-order valence-electron chi connectivity index (χ2n) is 10.6. The minimum atomic E-state index is -0.609. The van der Waals surface area contributed by atoms with Crippen molar-refractivity contribution in [1.82, 2.24) is 29.8 Å². The maximum atomic E-state index is 13.3. The summed E-state index contributed by atoms with van der Waals surface area (Å²) in [6, 6.07) is 13.9. The van der Waals surface area contributed by atoms with Crippen molar-refractivity contribution in [2.24, 2.45) is 5.73 Å². The molecule has 2 aromatic heterocycles. The Hall–Kier alpha value is -4.36. The van der Waals surface area contributed by atoms with E-state index in [-0.39, 0.29) is 11.8 Å². The zero-order valence-corrected chi connectivity index (χ0v) is 24.4. The third kappa shape index (κ3) is 8.36. The van der Waals surface area contributed by atoms with Gasteiger partial charge in [0.05, 0.1) is 18.1 Å². The third-order valence-corrected chi connectivity index (χ3v) is 7.42. The summed E-state index contributed by atoms with van der Waals surface area (Å²) in [6.45, 7) is 4.85. The molecule has 0 aliphatic carbocycles. The van der Waals surface area contributed by atoms with Gasteiger partial charge in [-0.15, -0.1) is 0 Å². The number of benzene rings is 2. The van der Waals surface area contributed by atoms with E-state index in [4.69, 9.17) is 20.4 Å². The van der Waals surface area contributed by atoms with Gasteiger partial charge in [-0.1, -0.05) is 24.3 Å². The Morgan fingerprint density at radius 1 is 1.02 bits per heavy atom. The molecule has 1 saturated heterocycles. The maximum absolute atomic E-state index is 13.3. The van der Waals surface area contributed by atoms with Crippen LogP contribution in [0.2, 0.25) is 0 Å². The van der Waals surface area contributed by atoms with E-state index in [1.807, 2.05) is 36.4 Å². The van der Waals surface area contributed by atoms with Crippen molar-refractivity contribution >= 4 is 34.8 Å². The van der Waals surface area contributed by atoms with Crippen molar-refractivity contribution in [1.29, 1.82) is 0 Å². The Morgan fingerprint density at radius 2 is 1.79 bits per heavy atom. The van der Waals surface area contributed by atoms with Gasteiger partial charge in [0, 0.05) is 45.7 Å². The molecule has 12 nitrogen and oxygen atoms in total. The van der Waals surface area contributed by atoms with Crippen LogP contribution in [0.1, 0.15) is 30.7 Å². The average Bonchev–Trinajstić information content (AvgIpc) is 3.44. The van der Waals surface area contributed by atoms with Gasteiger partial charge in [0.15, 0.2) is 0 Å². The van der Waals surface area contributed by atoms with E-state index >= 15 is 0 Å². The van der Waals surface area contributed by atoms with E-state index in [0.717, 1.165) is 54.9 Å². The fraction of sp³-hybridized carbons (Fsp3) is 0.433. The van der Waals surface area contributed by atoms with Gasteiger partial charge in [-0.2, -0.15) is 15.0 Å². The van der Waals surface area contributed by atoms with Crippen LogP contribution < -0.4 is 21.3 Å². The van der Waals surface area contributed by atoms with Crippen LogP contribution in [0.3, 0.4) is 0 Å². The highest BCUT2D eigenvalue weighted by molar-refractivity contribution is 5.78. The van der Waals surface area contributed by atoms with E-state index in [2.05, 4.69) is 35.4 Å². The molecule has 1 fully saturated rings. The maximum Gasteiger partial charge on any atom is 0.328 e. The summed E-state index contributed by atoms with van der Waals surface area (Å²) in [5.74, 6) is 1.48. The van der Waals surface area contributed by atoms with Gasteiger partial charge in [-0.05, 0) is 55.6 Å². The number of carbonyl (C=O) groups excluding carboxylic acids is 1. The van der Waals surface area contributed by atoms with Crippen LogP contribution >= 0.6 is 0 Å². The van der Waals surface area contributed by atoms with Crippen molar-refractivity contribution in [3.8, 4) is 0 Å². The van der Waals surface area contributed by atoms with Gasteiger partial charge in [-0.3, -0.25) is 4.90 Å². The van der Waals surface area contributed by atoms with Gasteiger partial charge in [0.25, 0.3) is 0 Å². The fourth-order valence-electron chi connectivity index (χ4n) is 5.06. The summed E-state index contributed by atoms with van der Waals surface area (Å²) >= 11 is 0. The Balaban J connectivity index is 1.28. The number of hydrogen-bond donors (Lipinski definition) is 4. The predicted molar refractivity (Wildman–Crippen MR) is 164 cm³/mol. The molecule has 5 rings (SSSR count). The molecule has 0 bridgehead atoms. The highest BCUT2D eigenvalue weighted by Crippen LogP contribution is 2.19. The number of nitrogens with one attached hydrogen (secondary N) is 3. The lowest BCUT2D eigenvalue weighted by Crippen LogP contribution is -2.46. The summed E-state index contributed by atoms with van der Waals surface area (Å²) < 4.78 is 18.3. The molecule has 0 spiro atoms. The molecular weight excluding hydrogens is 551 g/mol. The van der Waals surface area contributed by atoms with E-state index in [1.165, 1.54) is 19.2 Å². The lowest BCUT2D eigenvalue weighted by atomic mass is 10.1. The minimum Gasteiger partial charge on any atom is -0.467 e. The number of nitrogens with zero attached hydrogens (tertiary/aromatic N) is 6. The van der Waals surface area contributed by atoms with Crippen molar-refractivity contribution in [2.45, 2.75) is 38.3 Å². The number of aromatic amines is 1. The number of methoxy groups -OCH3 is 1. The van der Waals surface area contributed by atoms with Crippen molar-refractivity contribution in [3.05, 3.63) is 65.7 Å². The molecule has 43 heavy (non-hydrogen) atoms. The number of carbonyl (C=O) groups is 1. The van der Waals surface area contributed by atoms with Crippen LogP contribution in [-0.2, 0) is 22.5 Å². The second-order valence-corrected chi connectivity index (χ2v) is 10.6. The zero-order chi connectivity index (χ0) is 30.0. The van der Waals surface area contributed by atoms with Crippen LogP contribution in [-0.4, -0.2) is 88.2 Å². The SMILES string of the molecule is COC(=O)[C@H](CCCCN)Nc1nc(NCCc2nc3ccccc3[nH]2)nc(N2CCN(Cc3ccc(F)cc3)CC2)n1. The number of esters is 1. The normalized spacial score (nSPS) is 14.5. The van der Waals surface area contributed by atoms with E-state index in [1.54, 1.807) is 0 Å². The first kappa shape index (κ1) is 30.1. The molecule has 4 aromatic rings. The Kier molecular flexibility index (Phi) is 10.3. The molecule has 1 atom stereocenters. The molecule has 0 saturated carbocycles. The predicted octanol–water partition coefficient (Wildman–Crippen LogP) is 2.95. The summed E-state index contributed by atoms with van der Waals surface area (Å²) in [7, 11) is 1.37. The molecule has 2 aromatic carbocycles. The Labute approximate surface area is 250 Å². The number of nitrogens with two attached hydrogens (primary N) is 1. The first-order chi connectivity index (χ1) is 21.0. The molecule has 13 heteroatoms. The van der Waals surface area contributed by atoms with E-state index in [9.17, 15) is 9.18 Å². The monoisotopic (exact) mass is 590 g/mol. The standard InChI is InChI=1S/C30H39FN10O2/c1-43-27(42)25(8-4-5-14-32)36-29-37-28(33-15-13-26-34-23-6-2-3-7-24(23)35-26)38-30(39-29)41-18-16-40(17-19-41)20-21-9-11-22(31)12-10-21/h2-3,6-7,9-12,25H,4-5,8,13-20,32H2,1H3,(H,34,35)(H2,33,36,37,38,39)/t25-/m0/s1. The molecule has 5 N–H and O–H groups in total. The molecule has 3 heterocycles. The van der Waals surface area contributed by atoms with Crippen LogP contribution in [0.5, 0.6) is 0 Å². The third-order valence-electron chi connectivity index (χ3n) is 7.42. The Morgan fingerprint density at radius 3 is 2.53 bits per heavy atom. The molecular formula is C30H39FN10O2. The van der Waals surface area contributed by atoms with Crippen LogP contribution in [0.4, 0.5) is 22.2 Å². The summed E-state index contributed by atoms with van der Waals surface area (Å²) in [5.41, 5.74) is 8.65. The number of unbranched alkanes of at least 4 members (excludes halogenated alkanes) is 1. The number of H-pyrrole nitrogens is 1. The number of fused-ring (bicyclic) bond motifs is 1. The summed E-state index contributed by atoms with van der Waals surface area (Å²) in [4.78, 5) is 39.0. The van der Waals surface area contributed by atoms with E-state index in [0.29, 0.717) is 56.9 Å². The molecule has 0 amide bonds. The number of piperazine rings is 1. The lowest BCUT2D eigenvalue weighted by Gasteiger charge is -2.35. The number of ether oxygens (including phenoxy) is 1. The number of anilines is 3. The highest BCUT2D eigenvalue weighted by atomic mass is 19.1. The largest absolute Gasteiger partial charge is 0.467 e. The van der Waals surface area contributed by atoms with Gasteiger partial charge < -0.3 is 31.0 Å². The van der Waals surface area contributed by atoms with Crippen LogP contribution in [0.15, 0.2) is 48.5 Å². The number of imidazole rings is 1. The van der Waals surface area contributed by atoms with Crippen LogP contribution in [0, 0.1) is 5.82 Å². The van der Waals surface area contributed by atoms with Gasteiger partial charge in [-0.25, -0.2) is 14.2 Å². The number of hydrogen-bond acceptors (Lipinski definition) is 11. The number of halogens is 1. The first-order valence-corrected chi connectivity index (χ1v) is 14.7. The quantitative estimate of drug-likeness (QED) is 0.127. The topological polar surface area (TPSA) is 150 Å². The van der Waals surface area contributed by atoms with Crippen molar-refractivity contribution < 1.29 is 13.9 Å². The van der Waals surface area contributed by atoms with Crippen molar-refractivity contribution in [2.75, 3.05) is 61.9 Å². The smallest absolute Gasteiger partial charge is 0.328 e. The van der Waals surface area contributed by atoms with Gasteiger partial charge in [0.1, 0.15) is 17.7 Å². The first-order valence-electron chi connectivity index (χ1n) is 14.7. The molecule has 0 radical (unpaired) electrons. The van der Waals surface area contributed by atoms with Gasteiger partial charge in [0.2, 0.25) is 17.8 Å². The number of para-hydroxylation sites is 2. The molecule has 1 aliphatic heterocycles. The summed E-state index contributed by atoms with van der Waals surface area (Å²) in [6.07, 6.45) is 2.75. The zero-order valence-electron chi connectivity index (χ0n) is 24.4. The minimum absolute atomic E-state index is 0.233. The second kappa shape index (κ2) is 14.7. The average molecular weight is 591 g/mol. The number of rotatable bonds is 14. The van der Waals surface area contributed by atoms with Crippen LogP contribution in [0.25, 0.3) is 11.0 Å². The summed E-state index contributed by atoms with van der Waals surface area (Å²) in [5, 5.41) is 6.49. The molecule has 228 valence electrons. The fourth-order valence-corrected chi connectivity index (χ4v) is 5.06. The molecule has 1 aliphatic rings. The Bertz CT molecular complexity index is 1440.